The molecule has 0 saturated carbocycles. The molecule has 152 valence electrons. The summed E-state index contributed by atoms with van der Waals surface area (Å²) in [4.78, 5) is 22.1. The Morgan fingerprint density at radius 1 is 1.30 bits per heavy atom. The largest absolute Gasteiger partial charge is 0.369 e. The molecule has 0 bridgehead atoms. The van der Waals surface area contributed by atoms with Crippen LogP contribution in [0.15, 0.2) is 18.3 Å². The predicted molar refractivity (Wildman–Crippen MR) is 113 cm³/mol. The highest BCUT2D eigenvalue weighted by atomic mass is 16.2. The molecule has 1 aliphatic heterocycles. The zero-order valence-electron chi connectivity index (χ0n) is 17.7. The van der Waals surface area contributed by atoms with Crippen LogP contribution in [-0.4, -0.2) is 59.5 Å². The Bertz CT molecular complexity index is 575. The first kappa shape index (κ1) is 21.7. The van der Waals surface area contributed by atoms with E-state index in [2.05, 4.69) is 42.9 Å². The van der Waals surface area contributed by atoms with Crippen LogP contribution in [0, 0.1) is 5.92 Å². The summed E-state index contributed by atoms with van der Waals surface area (Å²) in [6.45, 7) is 13.6. The minimum atomic E-state index is 0.105. The molecule has 2 rings (SSSR count). The van der Waals surface area contributed by atoms with Gasteiger partial charge in [-0.05, 0) is 44.4 Å². The van der Waals surface area contributed by atoms with Crippen molar-refractivity contribution < 1.29 is 4.79 Å². The van der Waals surface area contributed by atoms with E-state index in [1.807, 2.05) is 17.0 Å². The second kappa shape index (κ2) is 11.3. The standard InChI is InChI=1S/C22H38N4O/c1-5-6-7-8-14-25-15-16-26(19(4)17-25)22(27)20-10-9-12-23-21(20)24-13-11-18(2)3/h9-10,12,18-19H,5-8,11,13-17H2,1-4H3,(H,23,24)/t19-/m1/s1. The van der Waals surface area contributed by atoms with Crippen LogP contribution in [0.4, 0.5) is 5.82 Å². The molecule has 1 aromatic rings. The highest BCUT2D eigenvalue weighted by Crippen LogP contribution is 2.19. The third-order valence-electron chi connectivity index (χ3n) is 5.35. The molecule has 0 radical (unpaired) electrons. The number of hydrogen-bond donors (Lipinski definition) is 1. The van der Waals surface area contributed by atoms with Crippen LogP contribution in [0.25, 0.3) is 0 Å². The van der Waals surface area contributed by atoms with E-state index < -0.39 is 0 Å². The van der Waals surface area contributed by atoms with E-state index in [1.165, 1.54) is 25.7 Å². The number of unbranched alkanes of at least 4 members (excludes halogenated alkanes) is 3. The van der Waals surface area contributed by atoms with Crippen LogP contribution in [-0.2, 0) is 0 Å². The van der Waals surface area contributed by atoms with Gasteiger partial charge in [-0.3, -0.25) is 9.69 Å². The molecular weight excluding hydrogens is 336 g/mol. The van der Waals surface area contributed by atoms with Crippen LogP contribution in [0.2, 0.25) is 0 Å². The minimum absolute atomic E-state index is 0.105. The summed E-state index contributed by atoms with van der Waals surface area (Å²) in [7, 11) is 0. The van der Waals surface area contributed by atoms with Crippen LogP contribution in [0.1, 0.15) is 70.2 Å². The van der Waals surface area contributed by atoms with Crippen LogP contribution in [0.3, 0.4) is 0 Å². The summed E-state index contributed by atoms with van der Waals surface area (Å²) < 4.78 is 0. The number of anilines is 1. The number of carbonyl (C=O) groups is 1. The molecule has 1 aromatic heterocycles. The molecule has 0 spiro atoms. The van der Waals surface area contributed by atoms with Gasteiger partial charge in [-0.25, -0.2) is 4.98 Å². The van der Waals surface area contributed by atoms with Gasteiger partial charge in [0.2, 0.25) is 0 Å². The van der Waals surface area contributed by atoms with Gasteiger partial charge < -0.3 is 10.2 Å². The predicted octanol–water partition coefficient (Wildman–Crippen LogP) is 4.27. The molecule has 0 aliphatic carbocycles. The lowest BCUT2D eigenvalue weighted by Crippen LogP contribution is -2.54. The summed E-state index contributed by atoms with van der Waals surface area (Å²) in [6.07, 6.45) is 7.99. The third kappa shape index (κ3) is 6.80. The van der Waals surface area contributed by atoms with E-state index in [0.29, 0.717) is 11.5 Å². The first-order valence-electron chi connectivity index (χ1n) is 10.7. The Hall–Kier alpha value is -1.62. The van der Waals surface area contributed by atoms with Crippen molar-refractivity contribution in [3.8, 4) is 0 Å². The fourth-order valence-electron chi connectivity index (χ4n) is 3.65. The highest BCUT2D eigenvalue weighted by Gasteiger charge is 2.29. The third-order valence-corrected chi connectivity index (χ3v) is 5.35. The molecular formula is C22H38N4O. The average molecular weight is 375 g/mol. The first-order valence-corrected chi connectivity index (χ1v) is 10.7. The van der Waals surface area contributed by atoms with E-state index in [9.17, 15) is 4.79 Å². The van der Waals surface area contributed by atoms with E-state index >= 15 is 0 Å². The smallest absolute Gasteiger partial charge is 0.257 e. The lowest BCUT2D eigenvalue weighted by molar-refractivity contribution is 0.0487. The number of rotatable bonds is 10. The van der Waals surface area contributed by atoms with Crippen molar-refractivity contribution in [3.05, 3.63) is 23.9 Å². The van der Waals surface area contributed by atoms with Crippen molar-refractivity contribution in [1.29, 1.82) is 0 Å². The molecule has 1 amide bonds. The van der Waals surface area contributed by atoms with Gasteiger partial charge in [-0.15, -0.1) is 0 Å². The van der Waals surface area contributed by atoms with Crippen molar-refractivity contribution >= 4 is 11.7 Å². The Labute approximate surface area is 165 Å². The van der Waals surface area contributed by atoms with Gasteiger partial charge in [0.05, 0.1) is 5.56 Å². The fourth-order valence-corrected chi connectivity index (χ4v) is 3.65. The Kier molecular flexibility index (Phi) is 9.05. The normalized spacial score (nSPS) is 18.1. The number of pyridine rings is 1. The minimum Gasteiger partial charge on any atom is -0.369 e. The molecule has 5 nitrogen and oxygen atoms in total. The lowest BCUT2D eigenvalue weighted by Gasteiger charge is -2.40. The van der Waals surface area contributed by atoms with Crippen molar-refractivity contribution in [2.24, 2.45) is 5.92 Å². The fraction of sp³-hybridized carbons (Fsp3) is 0.727. The van der Waals surface area contributed by atoms with E-state index in [-0.39, 0.29) is 11.9 Å². The van der Waals surface area contributed by atoms with Gasteiger partial charge in [0.15, 0.2) is 0 Å². The number of aromatic nitrogens is 1. The number of amides is 1. The Morgan fingerprint density at radius 2 is 2.11 bits per heavy atom. The highest BCUT2D eigenvalue weighted by molar-refractivity contribution is 5.99. The molecule has 5 heteroatoms. The number of nitrogens with one attached hydrogen (secondary N) is 1. The number of nitrogens with zero attached hydrogens (tertiary/aromatic N) is 3. The first-order chi connectivity index (χ1) is 13.0. The van der Waals surface area contributed by atoms with Crippen LogP contribution >= 0.6 is 0 Å². The van der Waals surface area contributed by atoms with Crippen molar-refractivity contribution in [1.82, 2.24) is 14.8 Å². The second-order valence-corrected chi connectivity index (χ2v) is 8.22. The van der Waals surface area contributed by atoms with Gasteiger partial charge in [0, 0.05) is 38.4 Å². The molecule has 1 N–H and O–H groups in total. The number of piperazine rings is 1. The van der Waals surface area contributed by atoms with E-state index in [0.717, 1.165) is 45.0 Å². The van der Waals surface area contributed by atoms with E-state index in [1.54, 1.807) is 6.20 Å². The van der Waals surface area contributed by atoms with Gasteiger partial charge in [0.25, 0.3) is 5.91 Å². The summed E-state index contributed by atoms with van der Waals surface area (Å²) >= 11 is 0. The van der Waals surface area contributed by atoms with Crippen LogP contribution in [0.5, 0.6) is 0 Å². The molecule has 2 heterocycles. The maximum Gasteiger partial charge on any atom is 0.257 e. The molecule has 27 heavy (non-hydrogen) atoms. The maximum atomic E-state index is 13.2. The van der Waals surface area contributed by atoms with Crippen LogP contribution < -0.4 is 5.32 Å². The van der Waals surface area contributed by atoms with Crippen molar-refractivity contribution in [2.45, 2.75) is 65.8 Å². The molecule has 0 unspecified atom stereocenters. The van der Waals surface area contributed by atoms with Gasteiger partial charge in [-0.1, -0.05) is 40.0 Å². The second-order valence-electron chi connectivity index (χ2n) is 8.22. The van der Waals surface area contributed by atoms with Crippen molar-refractivity contribution in [3.63, 3.8) is 0 Å². The molecule has 0 aromatic carbocycles. The molecule has 1 fully saturated rings. The van der Waals surface area contributed by atoms with Gasteiger partial charge in [-0.2, -0.15) is 0 Å². The molecule has 1 aliphatic rings. The summed E-state index contributed by atoms with van der Waals surface area (Å²) in [5.41, 5.74) is 0.699. The molecule has 1 saturated heterocycles. The lowest BCUT2D eigenvalue weighted by atomic mass is 10.1. The zero-order chi connectivity index (χ0) is 19.6. The Balaban J connectivity index is 1.92. The zero-order valence-corrected chi connectivity index (χ0v) is 17.7. The average Bonchev–Trinajstić information content (AvgIpc) is 2.65. The summed E-state index contributed by atoms with van der Waals surface area (Å²) in [5.74, 6) is 1.46. The van der Waals surface area contributed by atoms with Gasteiger partial charge >= 0.3 is 0 Å². The van der Waals surface area contributed by atoms with Crippen molar-refractivity contribution in [2.75, 3.05) is 38.0 Å². The monoisotopic (exact) mass is 374 g/mol. The maximum absolute atomic E-state index is 13.2. The van der Waals surface area contributed by atoms with Gasteiger partial charge in [0.1, 0.15) is 5.82 Å². The SMILES string of the molecule is CCCCCCN1CCN(C(=O)c2cccnc2NCCC(C)C)[C@H](C)C1. The summed E-state index contributed by atoms with van der Waals surface area (Å²) in [5, 5.41) is 3.36. The number of hydrogen-bond acceptors (Lipinski definition) is 4. The number of carbonyl (C=O) groups excluding carboxylic acids is 1. The van der Waals surface area contributed by atoms with E-state index in [4.69, 9.17) is 0 Å². The Morgan fingerprint density at radius 3 is 2.81 bits per heavy atom. The quantitative estimate of drug-likeness (QED) is 0.622. The summed E-state index contributed by atoms with van der Waals surface area (Å²) in [6, 6.07) is 3.99. The topological polar surface area (TPSA) is 48.5 Å². The molecule has 1 atom stereocenters.